The molecule has 2 unspecified atom stereocenters. The molecule has 5 aromatic rings. The third-order valence-corrected chi connectivity index (χ3v) is 11.6. The lowest BCUT2D eigenvalue weighted by Gasteiger charge is -2.44. The summed E-state index contributed by atoms with van der Waals surface area (Å²) in [6.07, 6.45) is -11.2. The van der Waals surface area contributed by atoms with E-state index in [9.17, 15) is 38.4 Å². The summed E-state index contributed by atoms with van der Waals surface area (Å²) in [6, 6.07) is 9.97. The molecule has 390 valence electrons. The second kappa shape index (κ2) is 22.1. The van der Waals surface area contributed by atoms with Crippen molar-refractivity contribution in [1.29, 1.82) is 0 Å². The van der Waals surface area contributed by atoms with Crippen LogP contribution >= 0.6 is 0 Å². The van der Waals surface area contributed by atoms with Crippen LogP contribution in [0.5, 0.6) is 11.5 Å². The molecule has 0 saturated carbocycles. The van der Waals surface area contributed by atoms with Crippen LogP contribution in [-0.2, 0) is 85.7 Å². The molecule has 0 aliphatic carbocycles. The number of rotatable bonds is 16. The molecule has 2 fully saturated rings. The molecule has 0 N–H and O–H groups in total. The highest BCUT2D eigenvalue weighted by molar-refractivity contribution is 6.03. The van der Waals surface area contributed by atoms with Crippen molar-refractivity contribution >= 4 is 69.6 Å². The lowest BCUT2D eigenvalue weighted by molar-refractivity contribution is -0.267. The lowest BCUT2D eigenvalue weighted by Crippen LogP contribution is -2.60. The Balaban J connectivity index is 1.44. The Kier molecular flexibility index (Phi) is 16.0. The number of ether oxygens (including phenoxy) is 12. The summed E-state index contributed by atoms with van der Waals surface area (Å²) in [7, 11) is 2.91. The van der Waals surface area contributed by atoms with Gasteiger partial charge in [-0.3, -0.25) is 38.4 Å². The van der Waals surface area contributed by atoms with Crippen LogP contribution in [0.4, 0.5) is 0 Å². The molecule has 2 saturated heterocycles. The molecule has 0 bridgehead atoms. The maximum atomic E-state index is 12.9. The Morgan fingerprint density at radius 2 is 0.795 bits per heavy atom. The monoisotopic (exact) mass is 1020 g/mol. The second-order valence-electron chi connectivity index (χ2n) is 16.8. The zero-order valence-corrected chi connectivity index (χ0v) is 41.2. The van der Waals surface area contributed by atoms with Crippen LogP contribution in [0.25, 0.3) is 44.3 Å². The lowest BCUT2D eigenvalue weighted by atomic mass is 9.97. The largest absolute Gasteiger partial charge is 0.497 e. The van der Waals surface area contributed by atoms with Gasteiger partial charge in [0.2, 0.25) is 0 Å². The fourth-order valence-corrected chi connectivity index (χ4v) is 8.92. The zero-order chi connectivity index (χ0) is 53.0. The molecule has 3 aromatic heterocycles. The highest BCUT2D eigenvalue weighted by Gasteiger charge is 2.55. The Morgan fingerprint density at radius 1 is 0.466 bits per heavy atom. The van der Waals surface area contributed by atoms with E-state index in [4.69, 9.17) is 61.5 Å². The minimum Gasteiger partial charge on any atom is -0.497 e. The number of hydrogen-bond acceptors (Lipinski definition) is 23. The van der Waals surface area contributed by atoms with Crippen LogP contribution in [0.15, 0.2) is 53.4 Å². The number of methoxy groups -OCH3 is 2. The van der Waals surface area contributed by atoms with Gasteiger partial charge in [0.25, 0.3) is 0 Å². The molecule has 2 aliphatic heterocycles. The first-order chi connectivity index (χ1) is 34.7. The van der Waals surface area contributed by atoms with E-state index >= 15 is 0 Å². The van der Waals surface area contributed by atoms with Crippen molar-refractivity contribution in [2.24, 2.45) is 0 Å². The highest BCUT2D eigenvalue weighted by Crippen LogP contribution is 2.46. The Morgan fingerprint density at radius 3 is 1.11 bits per heavy atom. The third kappa shape index (κ3) is 11.5. The van der Waals surface area contributed by atoms with Crippen molar-refractivity contribution < 1.29 is 99.8 Å². The minimum absolute atomic E-state index is 0.103. The number of aromatic nitrogens is 4. The van der Waals surface area contributed by atoms with E-state index in [1.54, 1.807) is 57.9 Å². The standard InChI is InChI=1S/C48H52N4O21/c1-21(53)63-19-37-41(65-23(3)55)43(67-25(5)57)45(69-27(7)59)47(71-37)51-17-33(31-15-29(61-9)11-13-35(31)51)39-40(50-73-49-39)34-18-52(36-14-12-30(62-10)16-32(34)36)48-46(70-28(8)60)44(68-26(6)58)42(66-24(4)56)38(72-48)20-64-22(2)54/h11-18,37-38,41-48H,19-20H2,1-10H3/t37-,38-,41-,42-,43+,44+,45-,46-,47?,48?/m1/s1. The topological polar surface area (TPSA) is 296 Å². The van der Waals surface area contributed by atoms with Crippen LogP contribution < -0.4 is 9.47 Å². The average Bonchev–Trinajstić information content (AvgIpc) is 4.04. The van der Waals surface area contributed by atoms with E-state index in [0.717, 1.165) is 55.4 Å². The fraction of sp³-hybridized carbons (Fsp3) is 0.458. The van der Waals surface area contributed by atoms with Gasteiger partial charge in [-0.15, -0.1) is 0 Å². The Hall–Kier alpha value is -8.06. The van der Waals surface area contributed by atoms with Crippen LogP contribution in [0, 0.1) is 0 Å². The SMILES string of the molecule is COc1ccc2c(c1)c(-c1nonc1-c1cn(C3O[C@H](COC(C)=O)[C@@H](OC(C)=O)[C@H](OC(C)=O)[C@H]3OC(C)=O)c3ccc(OC)cc13)cn2C1O[C@H](COC(C)=O)[C@@H](OC(C)=O)[C@H](OC(C)=O)[C@H]1OC(C)=O. The van der Waals surface area contributed by atoms with Crippen molar-refractivity contribution in [2.75, 3.05) is 27.4 Å². The van der Waals surface area contributed by atoms with Gasteiger partial charge >= 0.3 is 47.8 Å². The Bertz CT molecular complexity index is 2750. The van der Waals surface area contributed by atoms with Gasteiger partial charge < -0.3 is 66.0 Å². The predicted molar refractivity (Wildman–Crippen MR) is 244 cm³/mol. The summed E-state index contributed by atoms with van der Waals surface area (Å²) in [6.45, 7) is 8.03. The molecule has 5 heterocycles. The van der Waals surface area contributed by atoms with Crippen LogP contribution in [-0.4, -0.2) is 143 Å². The molecule has 10 atom stereocenters. The first kappa shape index (κ1) is 52.8. The zero-order valence-electron chi connectivity index (χ0n) is 41.2. The number of carbonyl (C=O) groups is 8. The van der Waals surface area contributed by atoms with Crippen molar-refractivity contribution in [3.05, 3.63) is 48.8 Å². The van der Waals surface area contributed by atoms with Crippen molar-refractivity contribution in [3.63, 3.8) is 0 Å². The normalized spacial score (nSPS) is 23.6. The van der Waals surface area contributed by atoms with Crippen molar-refractivity contribution in [2.45, 2.75) is 117 Å². The van der Waals surface area contributed by atoms with E-state index in [0.29, 0.717) is 44.4 Å². The number of hydrogen-bond donors (Lipinski definition) is 0. The third-order valence-electron chi connectivity index (χ3n) is 11.6. The number of benzene rings is 2. The van der Waals surface area contributed by atoms with Gasteiger partial charge in [0, 0.05) is 89.7 Å². The molecule has 0 radical (unpaired) electrons. The summed E-state index contributed by atoms with van der Waals surface area (Å²) >= 11 is 0. The first-order valence-electron chi connectivity index (χ1n) is 22.5. The molecule has 7 rings (SSSR count). The summed E-state index contributed by atoms with van der Waals surface area (Å²) in [4.78, 5) is 100. The molecule has 25 heteroatoms. The number of fused-ring (bicyclic) bond motifs is 2. The number of carbonyl (C=O) groups excluding carboxylic acids is 8. The van der Waals surface area contributed by atoms with E-state index in [-0.39, 0.29) is 11.4 Å². The van der Waals surface area contributed by atoms with Crippen molar-refractivity contribution in [3.8, 4) is 34.0 Å². The molecule has 2 aliphatic rings. The summed E-state index contributed by atoms with van der Waals surface area (Å²) < 4.78 is 78.0. The van der Waals surface area contributed by atoms with E-state index < -0.39 is 122 Å². The summed E-state index contributed by atoms with van der Waals surface area (Å²) in [5.41, 5.74) is 1.62. The van der Waals surface area contributed by atoms with Gasteiger partial charge in [-0.2, -0.15) is 0 Å². The van der Waals surface area contributed by atoms with E-state index in [1.165, 1.54) is 14.2 Å². The summed E-state index contributed by atoms with van der Waals surface area (Å²) in [5, 5.41) is 9.61. The van der Waals surface area contributed by atoms with E-state index in [2.05, 4.69) is 10.3 Å². The molecular formula is C48H52N4O21. The van der Waals surface area contributed by atoms with Crippen LogP contribution in [0.3, 0.4) is 0 Å². The van der Waals surface area contributed by atoms with Crippen LogP contribution in [0.1, 0.15) is 67.8 Å². The van der Waals surface area contributed by atoms with Gasteiger partial charge in [0.15, 0.2) is 49.1 Å². The molecule has 25 nitrogen and oxygen atoms in total. The van der Waals surface area contributed by atoms with Gasteiger partial charge in [0.05, 0.1) is 25.3 Å². The maximum absolute atomic E-state index is 12.9. The van der Waals surface area contributed by atoms with Gasteiger partial charge in [0.1, 0.15) is 48.3 Å². The first-order valence-corrected chi connectivity index (χ1v) is 22.5. The maximum Gasteiger partial charge on any atom is 0.303 e. The molecule has 2 aromatic carbocycles. The van der Waals surface area contributed by atoms with Crippen LogP contribution in [0.2, 0.25) is 0 Å². The second-order valence-corrected chi connectivity index (χ2v) is 16.8. The Labute approximate surface area is 414 Å². The predicted octanol–water partition coefficient (Wildman–Crippen LogP) is 3.84. The highest BCUT2D eigenvalue weighted by atomic mass is 16.7. The quantitative estimate of drug-likeness (QED) is 0.100. The molecule has 0 spiro atoms. The van der Waals surface area contributed by atoms with Gasteiger partial charge in [-0.05, 0) is 46.7 Å². The number of nitrogens with zero attached hydrogens (tertiary/aromatic N) is 4. The van der Waals surface area contributed by atoms with Gasteiger partial charge in [-0.1, -0.05) is 0 Å². The summed E-state index contributed by atoms with van der Waals surface area (Å²) in [5.74, 6) is -5.54. The van der Waals surface area contributed by atoms with Crippen molar-refractivity contribution in [1.82, 2.24) is 19.4 Å². The number of esters is 8. The van der Waals surface area contributed by atoms with E-state index in [1.807, 2.05) is 0 Å². The smallest absolute Gasteiger partial charge is 0.303 e. The van der Waals surface area contributed by atoms with Gasteiger partial charge in [-0.25, -0.2) is 4.63 Å². The molecule has 73 heavy (non-hydrogen) atoms. The molecular weight excluding hydrogens is 969 g/mol. The molecule has 0 amide bonds. The minimum atomic E-state index is -1.51. The average molecular weight is 1020 g/mol. The fourth-order valence-electron chi connectivity index (χ4n) is 8.92.